The van der Waals surface area contributed by atoms with Crippen molar-refractivity contribution in [3.05, 3.63) is 0 Å². The molecule has 20 heavy (non-hydrogen) atoms. The highest BCUT2D eigenvalue weighted by Crippen LogP contribution is 2.68. The number of nitrogens with zero attached hydrogens (tertiary/aromatic N) is 1. The minimum absolute atomic E-state index is 0.0164. The smallest absolute Gasteiger partial charge is 0.248 e. The minimum Gasteiger partial charge on any atom is -0.340 e. The van der Waals surface area contributed by atoms with E-state index in [2.05, 4.69) is 33.0 Å². The molecule has 0 aromatic carbocycles. The molecule has 1 spiro atoms. The molecule has 3 fully saturated rings. The van der Waals surface area contributed by atoms with Gasteiger partial charge in [0.05, 0.1) is 6.54 Å². The number of hydrogen-bond donors (Lipinski definition) is 1. The lowest BCUT2D eigenvalue weighted by Crippen LogP contribution is -2.65. The van der Waals surface area contributed by atoms with E-state index >= 15 is 0 Å². The van der Waals surface area contributed by atoms with Crippen molar-refractivity contribution in [1.82, 2.24) is 10.2 Å². The van der Waals surface area contributed by atoms with Crippen LogP contribution in [0.2, 0.25) is 0 Å². The Morgan fingerprint density at radius 2 is 1.65 bits per heavy atom. The van der Waals surface area contributed by atoms with Gasteiger partial charge in [0.2, 0.25) is 11.8 Å². The molecule has 0 atom stereocenters. The second-order valence-electron chi connectivity index (χ2n) is 8.02. The van der Waals surface area contributed by atoms with Crippen molar-refractivity contribution in [2.75, 3.05) is 13.1 Å². The summed E-state index contributed by atoms with van der Waals surface area (Å²) in [6.45, 7) is 10.0. The third-order valence-electron chi connectivity index (χ3n) is 6.59. The fourth-order valence-corrected chi connectivity index (χ4v) is 4.38. The molecule has 4 nitrogen and oxygen atoms in total. The van der Waals surface area contributed by atoms with Crippen molar-refractivity contribution in [3.63, 3.8) is 0 Å². The van der Waals surface area contributed by atoms with Gasteiger partial charge in [0.1, 0.15) is 5.54 Å². The van der Waals surface area contributed by atoms with Crippen molar-refractivity contribution in [2.24, 2.45) is 16.7 Å². The molecule has 3 aliphatic rings. The summed E-state index contributed by atoms with van der Waals surface area (Å²) in [5.41, 5.74) is -0.0629. The second-order valence-corrected chi connectivity index (χ2v) is 8.02. The molecule has 0 unspecified atom stereocenters. The van der Waals surface area contributed by atoms with Crippen LogP contribution in [0.15, 0.2) is 0 Å². The zero-order valence-corrected chi connectivity index (χ0v) is 13.1. The summed E-state index contributed by atoms with van der Waals surface area (Å²) in [5.74, 6) is 0.666. The van der Waals surface area contributed by atoms with E-state index in [1.807, 2.05) is 4.90 Å². The molecule has 1 saturated heterocycles. The number of amides is 2. The van der Waals surface area contributed by atoms with E-state index in [0.29, 0.717) is 5.92 Å². The maximum absolute atomic E-state index is 12.8. The van der Waals surface area contributed by atoms with Crippen LogP contribution < -0.4 is 5.32 Å². The molecular weight excluding hydrogens is 252 g/mol. The van der Waals surface area contributed by atoms with Gasteiger partial charge in [-0.1, -0.05) is 40.5 Å². The SMILES string of the molecule is CC1(C)C(CN2CC(=O)NC3(CCCC3)C2=O)C1(C)C. The average Bonchev–Trinajstić information content (AvgIpc) is 2.73. The summed E-state index contributed by atoms with van der Waals surface area (Å²) >= 11 is 0. The predicted molar refractivity (Wildman–Crippen MR) is 77.0 cm³/mol. The Hall–Kier alpha value is -1.06. The lowest BCUT2D eigenvalue weighted by atomic mass is 9.92. The lowest BCUT2D eigenvalue weighted by molar-refractivity contribution is -0.150. The van der Waals surface area contributed by atoms with Crippen molar-refractivity contribution in [3.8, 4) is 0 Å². The fraction of sp³-hybridized carbons (Fsp3) is 0.875. The molecular formula is C16H26N2O2. The third-order valence-corrected chi connectivity index (χ3v) is 6.59. The topological polar surface area (TPSA) is 49.4 Å². The van der Waals surface area contributed by atoms with Crippen molar-refractivity contribution >= 4 is 11.8 Å². The highest BCUT2D eigenvalue weighted by Gasteiger charge is 2.65. The van der Waals surface area contributed by atoms with Crippen LogP contribution in [-0.2, 0) is 9.59 Å². The van der Waals surface area contributed by atoms with Crippen LogP contribution in [0, 0.1) is 16.7 Å². The molecule has 1 aliphatic heterocycles. The quantitative estimate of drug-likeness (QED) is 0.839. The van der Waals surface area contributed by atoms with Crippen molar-refractivity contribution in [2.45, 2.75) is 58.9 Å². The molecule has 3 rings (SSSR count). The molecule has 2 saturated carbocycles. The third kappa shape index (κ3) is 1.73. The van der Waals surface area contributed by atoms with E-state index in [9.17, 15) is 9.59 Å². The van der Waals surface area contributed by atoms with E-state index in [0.717, 1.165) is 32.2 Å². The van der Waals surface area contributed by atoms with Crippen LogP contribution in [0.3, 0.4) is 0 Å². The molecule has 0 bridgehead atoms. The Balaban J connectivity index is 1.77. The van der Waals surface area contributed by atoms with E-state index in [-0.39, 0.29) is 29.2 Å². The summed E-state index contributed by atoms with van der Waals surface area (Å²) in [5, 5.41) is 2.98. The standard InChI is InChI=1S/C16H26N2O2/c1-14(2)11(15(14,3)4)9-18-10-12(19)17-16(13(18)20)7-5-6-8-16/h11H,5-10H2,1-4H3,(H,17,19). The maximum atomic E-state index is 12.8. The number of hydrogen-bond acceptors (Lipinski definition) is 2. The van der Waals surface area contributed by atoms with Crippen LogP contribution in [-0.4, -0.2) is 35.3 Å². The first-order valence-electron chi connectivity index (χ1n) is 7.81. The fourth-order valence-electron chi connectivity index (χ4n) is 4.38. The summed E-state index contributed by atoms with van der Waals surface area (Å²) in [7, 11) is 0. The number of nitrogens with one attached hydrogen (secondary N) is 1. The highest BCUT2D eigenvalue weighted by atomic mass is 16.2. The first kappa shape index (κ1) is 13.9. The number of rotatable bonds is 2. The summed E-state index contributed by atoms with van der Waals surface area (Å²) < 4.78 is 0. The Bertz CT molecular complexity index is 447. The van der Waals surface area contributed by atoms with E-state index in [4.69, 9.17) is 0 Å². The minimum atomic E-state index is -0.571. The molecule has 4 heteroatoms. The molecule has 0 aromatic heterocycles. The van der Waals surface area contributed by atoms with Gasteiger partial charge in [0, 0.05) is 6.54 Å². The van der Waals surface area contributed by atoms with Gasteiger partial charge in [-0.05, 0) is 29.6 Å². The Labute approximate surface area is 121 Å². The summed E-state index contributed by atoms with van der Waals surface area (Å²) in [6, 6.07) is 0. The maximum Gasteiger partial charge on any atom is 0.248 e. The van der Waals surface area contributed by atoms with Crippen LogP contribution in [0.25, 0.3) is 0 Å². The highest BCUT2D eigenvalue weighted by molar-refractivity contribution is 5.98. The first-order chi connectivity index (χ1) is 9.21. The van der Waals surface area contributed by atoms with E-state index < -0.39 is 5.54 Å². The lowest BCUT2D eigenvalue weighted by Gasteiger charge is -2.40. The molecule has 0 radical (unpaired) electrons. The Morgan fingerprint density at radius 3 is 2.15 bits per heavy atom. The van der Waals surface area contributed by atoms with E-state index in [1.165, 1.54) is 0 Å². The van der Waals surface area contributed by atoms with Gasteiger partial charge in [-0.2, -0.15) is 0 Å². The Morgan fingerprint density at radius 1 is 1.10 bits per heavy atom. The van der Waals surface area contributed by atoms with Crippen molar-refractivity contribution < 1.29 is 9.59 Å². The molecule has 2 amide bonds. The normalized spacial score (nSPS) is 30.7. The molecule has 112 valence electrons. The van der Waals surface area contributed by atoms with Gasteiger partial charge < -0.3 is 10.2 Å². The molecule has 0 aromatic rings. The summed E-state index contributed by atoms with van der Waals surface area (Å²) in [4.78, 5) is 26.6. The van der Waals surface area contributed by atoms with Crippen molar-refractivity contribution in [1.29, 1.82) is 0 Å². The summed E-state index contributed by atoms with van der Waals surface area (Å²) in [6.07, 6.45) is 3.71. The largest absolute Gasteiger partial charge is 0.340 e. The van der Waals surface area contributed by atoms with Crippen LogP contribution in [0.4, 0.5) is 0 Å². The molecule has 1 N–H and O–H groups in total. The Kier molecular flexibility index (Phi) is 2.77. The zero-order valence-electron chi connectivity index (χ0n) is 13.1. The zero-order chi connectivity index (χ0) is 14.8. The van der Waals surface area contributed by atoms with Crippen LogP contribution in [0.1, 0.15) is 53.4 Å². The molecule has 2 aliphatic carbocycles. The van der Waals surface area contributed by atoms with Gasteiger partial charge in [-0.25, -0.2) is 0 Å². The van der Waals surface area contributed by atoms with Gasteiger partial charge in [0.25, 0.3) is 0 Å². The van der Waals surface area contributed by atoms with Crippen LogP contribution >= 0.6 is 0 Å². The number of carbonyl (C=O) groups is 2. The number of piperazine rings is 1. The number of carbonyl (C=O) groups excluding carboxylic acids is 2. The van der Waals surface area contributed by atoms with Gasteiger partial charge in [-0.3, -0.25) is 9.59 Å². The molecule has 1 heterocycles. The van der Waals surface area contributed by atoms with Gasteiger partial charge in [0.15, 0.2) is 0 Å². The average molecular weight is 278 g/mol. The van der Waals surface area contributed by atoms with Gasteiger partial charge in [-0.15, -0.1) is 0 Å². The monoisotopic (exact) mass is 278 g/mol. The van der Waals surface area contributed by atoms with Gasteiger partial charge >= 0.3 is 0 Å². The predicted octanol–water partition coefficient (Wildman–Crippen LogP) is 1.94. The second kappa shape index (κ2) is 3.99. The van der Waals surface area contributed by atoms with Crippen LogP contribution in [0.5, 0.6) is 0 Å². The first-order valence-corrected chi connectivity index (χ1v) is 7.81. The van der Waals surface area contributed by atoms with E-state index in [1.54, 1.807) is 0 Å².